The average Bonchev–Trinajstić information content (AvgIpc) is 2.60. The fourth-order valence-corrected chi connectivity index (χ4v) is 2.46. The Morgan fingerprint density at radius 3 is 2.69 bits per heavy atom. The third-order valence-corrected chi connectivity index (χ3v) is 3.85. The van der Waals surface area contributed by atoms with Gasteiger partial charge in [0.2, 0.25) is 5.91 Å². The molecule has 2 N–H and O–H groups in total. The van der Waals surface area contributed by atoms with E-state index < -0.39 is 4.92 Å². The van der Waals surface area contributed by atoms with Crippen LogP contribution >= 0.6 is 11.6 Å². The largest absolute Gasteiger partial charge is 0.490 e. The molecule has 0 bridgehead atoms. The molecule has 8 nitrogen and oxygen atoms in total. The van der Waals surface area contributed by atoms with Gasteiger partial charge in [0.25, 0.3) is 0 Å². The summed E-state index contributed by atoms with van der Waals surface area (Å²) >= 11 is 5.92. The minimum Gasteiger partial charge on any atom is -0.490 e. The number of nitro groups is 1. The standard InChI is InChI=1S/C17H15ClN4O4/c1-10-5-15(22(24)25)16(26-2)7-14(10)20-9-17(23)21-12-4-3-11(8-19)13(18)6-12/h3-7,20H,9H2,1-2H3,(H,21,23). The van der Waals surface area contributed by atoms with Crippen LogP contribution in [0.3, 0.4) is 0 Å². The van der Waals surface area contributed by atoms with E-state index in [-0.39, 0.29) is 28.9 Å². The normalized spacial score (nSPS) is 9.92. The molecule has 0 unspecified atom stereocenters. The Labute approximate surface area is 154 Å². The van der Waals surface area contributed by atoms with Crippen LogP contribution in [0, 0.1) is 28.4 Å². The SMILES string of the molecule is COc1cc(NCC(=O)Nc2ccc(C#N)c(Cl)c2)c(C)cc1[N+](=O)[O-]. The molecule has 0 saturated heterocycles. The smallest absolute Gasteiger partial charge is 0.311 e. The Morgan fingerprint density at radius 2 is 2.12 bits per heavy atom. The number of halogens is 1. The highest BCUT2D eigenvalue weighted by Gasteiger charge is 2.17. The van der Waals surface area contributed by atoms with Gasteiger partial charge < -0.3 is 15.4 Å². The molecule has 0 aromatic heterocycles. The van der Waals surface area contributed by atoms with Crippen molar-refractivity contribution in [3.05, 3.63) is 56.6 Å². The van der Waals surface area contributed by atoms with E-state index in [1.165, 1.54) is 31.4 Å². The molecule has 0 aliphatic rings. The second kappa shape index (κ2) is 8.18. The zero-order valence-electron chi connectivity index (χ0n) is 14.0. The van der Waals surface area contributed by atoms with Gasteiger partial charge in [-0.25, -0.2) is 0 Å². The van der Waals surface area contributed by atoms with Crippen molar-refractivity contribution in [3.63, 3.8) is 0 Å². The highest BCUT2D eigenvalue weighted by atomic mass is 35.5. The lowest BCUT2D eigenvalue weighted by Crippen LogP contribution is -2.22. The maximum absolute atomic E-state index is 12.1. The number of nitriles is 1. The minimum atomic E-state index is -0.531. The number of hydrogen-bond acceptors (Lipinski definition) is 6. The van der Waals surface area contributed by atoms with E-state index in [9.17, 15) is 14.9 Å². The summed E-state index contributed by atoms with van der Waals surface area (Å²) in [7, 11) is 1.34. The Hall–Kier alpha value is -3.31. The molecule has 0 spiro atoms. The van der Waals surface area contributed by atoms with E-state index in [4.69, 9.17) is 21.6 Å². The first-order chi connectivity index (χ1) is 12.3. The van der Waals surface area contributed by atoms with Crippen LogP contribution in [0.25, 0.3) is 0 Å². The molecular formula is C17H15ClN4O4. The molecule has 0 fully saturated rings. The van der Waals surface area contributed by atoms with E-state index in [1.807, 2.05) is 6.07 Å². The monoisotopic (exact) mass is 374 g/mol. The third kappa shape index (κ3) is 4.40. The first-order valence-electron chi connectivity index (χ1n) is 7.42. The van der Waals surface area contributed by atoms with Crippen molar-refractivity contribution in [1.82, 2.24) is 0 Å². The number of ether oxygens (including phenoxy) is 1. The predicted molar refractivity (Wildman–Crippen MR) is 97.7 cm³/mol. The molecule has 9 heteroatoms. The van der Waals surface area contributed by atoms with Gasteiger partial charge in [-0.05, 0) is 30.7 Å². The van der Waals surface area contributed by atoms with Crippen LogP contribution < -0.4 is 15.4 Å². The Morgan fingerprint density at radius 1 is 1.38 bits per heavy atom. The number of carbonyl (C=O) groups is 1. The van der Waals surface area contributed by atoms with E-state index in [0.717, 1.165) is 0 Å². The summed E-state index contributed by atoms with van der Waals surface area (Å²) in [6, 6.07) is 9.35. The Balaban J connectivity index is 2.06. The molecule has 2 aromatic carbocycles. The molecule has 1 amide bonds. The molecule has 2 aromatic rings. The van der Waals surface area contributed by atoms with Gasteiger partial charge in [-0.3, -0.25) is 14.9 Å². The zero-order valence-corrected chi connectivity index (χ0v) is 14.8. The summed E-state index contributed by atoms with van der Waals surface area (Å²) in [6.07, 6.45) is 0. The van der Waals surface area contributed by atoms with Crippen LogP contribution in [-0.4, -0.2) is 24.5 Å². The number of methoxy groups -OCH3 is 1. The summed E-state index contributed by atoms with van der Waals surface area (Å²) in [5.74, 6) is -0.245. The van der Waals surface area contributed by atoms with Crippen molar-refractivity contribution in [1.29, 1.82) is 5.26 Å². The first kappa shape index (κ1) is 19.0. The van der Waals surface area contributed by atoms with Crippen LogP contribution in [0.1, 0.15) is 11.1 Å². The van der Waals surface area contributed by atoms with Gasteiger partial charge in [-0.2, -0.15) is 5.26 Å². The van der Waals surface area contributed by atoms with Crippen molar-refractivity contribution in [2.45, 2.75) is 6.92 Å². The second-order valence-corrected chi connectivity index (χ2v) is 5.71. The number of amides is 1. The Kier molecular flexibility index (Phi) is 5.98. The van der Waals surface area contributed by atoms with Crippen molar-refractivity contribution in [2.24, 2.45) is 0 Å². The van der Waals surface area contributed by atoms with Crippen LogP contribution in [0.15, 0.2) is 30.3 Å². The number of nitro benzene ring substituents is 1. The lowest BCUT2D eigenvalue weighted by molar-refractivity contribution is -0.385. The molecule has 0 aliphatic heterocycles. The number of hydrogen-bond donors (Lipinski definition) is 2. The lowest BCUT2D eigenvalue weighted by Gasteiger charge is -2.12. The van der Waals surface area contributed by atoms with E-state index in [2.05, 4.69) is 10.6 Å². The number of carbonyl (C=O) groups excluding carboxylic acids is 1. The highest BCUT2D eigenvalue weighted by molar-refractivity contribution is 6.32. The summed E-state index contributed by atoms with van der Waals surface area (Å²) < 4.78 is 5.02. The van der Waals surface area contributed by atoms with Gasteiger partial charge in [0.1, 0.15) is 6.07 Å². The van der Waals surface area contributed by atoms with Crippen LogP contribution in [0.2, 0.25) is 5.02 Å². The summed E-state index contributed by atoms with van der Waals surface area (Å²) in [5, 5.41) is 25.6. The molecule has 0 saturated carbocycles. The minimum absolute atomic E-state index is 0.0700. The van der Waals surface area contributed by atoms with Crippen LogP contribution in [0.5, 0.6) is 5.75 Å². The van der Waals surface area contributed by atoms with Crippen molar-refractivity contribution >= 4 is 34.6 Å². The van der Waals surface area contributed by atoms with Gasteiger partial charge in [0.15, 0.2) is 5.75 Å². The number of anilines is 2. The van der Waals surface area contributed by atoms with Crippen molar-refractivity contribution < 1.29 is 14.5 Å². The van der Waals surface area contributed by atoms with Gasteiger partial charge in [0, 0.05) is 23.5 Å². The maximum atomic E-state index is 12.1. The number of benzene rings is 2. The summed E-state index contributed by atoms with van der Waals surface area (Å²) in [4.78, 5) is 22.5. The van der Waals surface area contributed by atoms with Gasteiger partial charge in [-0.15, -0.1) is 0 Å². The molecule has 134 valence electrons. The average molecular weight is 375 g/mol. The molecule has 2 rings (SSSR count). The van der Waals surface area contributed by atoms with Crippen molar-refractivity contribution in [2.75, 3.05) is 24.3 Å². The van der Waals surface area contributed by atoms with Crippen molar-refractivity contribution in [3.8, 4) is 11.8 Å². The summed E-state index contributed by atoms with van der Waals surface area (Å²) in [6.45, 7) is 1.62. The van der Waals surface area contributed by atoms with E-state index >= 15 is 0 Å². The number of nitrogens with one attached hydrogen (secondary N) is 2. The Bertz CT molecular complexity index is 908. The number of nitrogens with zero attached hydrogens (tertiary/aromatic N) is 2. The lowest BCUT2D eigenvalue weighted by atomic mass is 10.1. The first-order valence-corrected chi connectivity index (χ1v) is 7.80. The number of rotatable bonds is 6. The predicted octanol–water partition coefficient (Wildman–Crippen LogP) is 3.49. The number of aryl methyl sites for hydroxylation is 1. The van der Waals surface area contributed by atoms with Gasteiger partial charge in [0.05, 0.1) is 29.2 Å². The molecule has 0 heterocycles. The topological polar surface area (TPSA) is 117 Å². The third-order valence-electron chi connectivity index (χ3n) is 3.54. The second-order valence-electron chi connectivity index (χ2n) is 5.30. The summed E-state index contributed by atoms with van der Waals surface area (Å²) in [5.41, 5.74) is 1.77. The molecular weight excluding hydrogens is 360 g/mol. The quantitative estimate of drug-likeness (QED) is 0.590. The van der Waals surface area contributed by atoms with Crippen LogP contribution in [0.4, 0.5) is 17.1 Å². The maximum Gasteiger partial charge on any atom is 0.311 e. The highest BCUT2D eigenvalue weighted by Crippen LogP contribution is 2.32. The fraction of sp³-hybridized carbons (Fsp3) is 0.176. The fourth-order valence-electron chi connectivity index (χ4n) is 2.23. The zero-order chi connectivity index (χ0) is 19.3. The van der Waals surface area contributed by atoms with Crippen LogP contribution in [-0.2, 0) is 4.79 Å². The van der Waals surface area contributed by atoms with E-state index in [1.54, 1.807) is 13.0 Å². The molecule has 0 atom stereocenters. The molecule has 0 aliphatic carbocycles. The van der Waals surface area contributed by atoms with Gasteiger partial charge in [-0.1, -0.05) is 11.6 Å². The van der Waals surface area contributed by atoms with Gasteiger partial charge >= 0.3 is 5.69 Å². The molecule has 26 heavy (non-hydrogen) atoms. The van der Waals surface area contributed by atoms with E-state index in [0.29, 0.717) is 22.5 Å². The molecule has 0 radical (unpaired) electrons.